The topological polar surface area (TPSA) is 202 Å². The molecule has 3 saturated carbocycles. The standard InChI is InChI=1S/C45H52N4O8/c1-43-17-13-33(50)22-31(43)8-10-35-36-14-18-45(55,44(36,2)23-37(51)41(35)43)38(47)26-57-40(53)12-11-39(52)56-25-27-3-5-28(6-4-27)34(15-19-46)42(54)49-32-9-7-30-24-48-20-16-29(30)21-32/h3-7,9,13,16-17,20-22,24,34-37,41,47,51,55H,8,10-12,14-15,18-19,23,25-26,46H2,1-2H3,(H,49,54)/t34?,35-,36-,37-,41+,43-,44-,45-/m0/s1. The van der Waals surface area contributed by atoms with Crippen LogP contribution in [0.5, 0.6) is 0 Å². The number of nitrogens with two attached hydrogens (primary N) is 1. The molecule has 3 fully saturated rings. The summed E-state index contributed by atoms with van der Waals surface area (Å²) in [5.41, 5.74) is 6.17. The molecule has 12 nitrogen and oxygen atoms in total. The Balaban J connectivity index is 0.871. The maximum Gasteiger partial charge on any atom is 0.306 e. The average molecular weight is 777 g/mol. The van der Waals surface area contributed by atoms with Gasteiger partial charge in [-0.2, -0.15) is 0 Å². The number of pyridine rings is 1. The fourth-order valence-electron chi connectivity index (χ4n) is 10.5. The predicted molar refractivity (Wildman–Crippen MR) is 214 cm³/mol. The van der Waals surface area contributed by atoms with Crippen molar-refractivity contribution < 1.29 is 38.9 Å². The van der Waals surface area contributed by atoms with Gasteiger partial charge in [0.1, 0.15) is 18.8 Å². The number of amides is 1. The summed E-state index contributed by atoms with van der Waals surface area (Å²) in [4.78, 5) is 54.8. The Hall–Kier alpha value is -5.04. The molecule has 8 atom stereocenters. The Morgan fingerprint density at radius 3 is 2.54 bits per heavy atom. The van der Waals surface area contributed by atoms with Crippen LogP contribution in [0.25, 0.3) is 10.8 Å². The molecule has 0 radical (unpaired) electrons. The molecular weight excluding hydrogens is 725 g/mol. The first-order valence-corrected chi connectivity index (χ1v) is 19.9. The molecule has 4 aliphatic carbocycles. The molecule has 2 aromatic carbocycles. The van der Waals surface area contributed by atoms with Crippen LogP contribution in [0.4, 0.5) is 5.69 Å². The number of nitrogens with one attached hydrogen (secondary N) is 2. The van der Waals surface area contributed by atoms with Crippen molar-refractivity contribution in [2.24, 2.45) is 34.3 Å². The highest BCUT2D eigenvalue weighted by atomic mass is 16.5. The van der Waals surface area contributed by atoms with Gasteiger partial charge in [-0.3, -0.25) is 24.2 Å². The zero-order valence-corrected chi connectivity index (χ0v) is 32.5. The van der Waals surface area contributed by atoms with Gasteiger partial charge in [0.15, 0.2) is 5.78 Å². The molecule has 4 aliphatic rings. The highest BCUT2D eigenvalue weighted by Crippen LogP contribution is 2.67. The molecule has 12 heteroatoms. The third-order valence-corrected chi connectivity index (χ3v) is 13.5. The number of fused-ring (bicyclic) bond motifs is 6. The molecular formula is C45H52N4O8. The number of benzene rings is 2. The fraction of sp³-hybridized carbons (Fsp3) is 0.467. The summed E-state index contributed by atoms with van der Waals surface area (Å²) in [6, 6.07) is 14.7. The number of nitrogens with zero attached hydrogens (tertiary/aromatic N) is 1. The summed E-state index contributed by atoms with van der Waals surface area (Å²) in [5.74, 6) is -1.91. The van der Waals surface area contributed by atoms with Crippen molar-refractivity contribution >= 4 is 45.8 Å². The van der Waals surface area contributed by atoms with Gasteiger partial charge < -0.3 is 36.1 Å². The fourth-order valence-corrected chi connectivity index (χ4v) is 10.5. The van der Waals surface area contributed by atoms with Gasteiger partial charge in [-0.05, 0) is 104 Å². The summed E-state index contributed by atoms with van der Waals surface area (Å²) in [7, 11) is 0. The van der Waals surface area contributed by atoms with Crippen LogP contribution >= 0.6 is 0 Å². The zero-order chi connectivity index (χ0) is 40.5. The number of ketones is 1. The number of ether oxygens (including phenoxy) is 2. The Bertz CT molecular complexity index is 2130. The lowest BCUT2D eigenvalue weighted by atomic mass is 9.46. The molecule has 0 aliphatic heterocycles. The quantitative estimate of drug-likeness (QED) is 0.106. The SMILES string of the molecule is C[C@]12C=CC(=O)C=C1CC[C@@H]1[C@@H]2[C@@H](O)C[C@@]2(C)[C@H]1CC[C@]2(O)C(=N)COC(=O)CCC(=O)OCc1ccc(C(CCN)C(=O)Nc2ccc3cnccc3c2)cc1. The van der Waals surface area contributed by atoms with Gasteiger partial charge in [0.25, 0.3) is 0 Å². The molecule has 1 aromatic heterocycles. The normalized spacial score (nSPS) is 29.4. The van der Waals surface area contributed by atoms with E-state index in [1.165, 1.54) is 0 Å². The largest absolute Gasteiger partial charge is 0.461 e. The van der Waals surface area contributed by atoms with Gasteiger partial charge in [0.05, 0.1) is 30.6 Å². The van der Waals surface area contributed by atoms with Crippen molar-refractivity contribution in [3.63, 3.8) is 0 Å². The van der Waals surface area contributed by atoms with E-state index < -0.39 is 47.0 Å². The minimum Gasteiger partial charge on any atom is -0.461 e. The van der Waals surface area contributed by atoms with Crippen molar-refractivity contribution in [3.8, 4) is 0 Å². The zero-order valence-electron chi connectivity index (χ0n) is 32.5. The second-order valence-corrected chi connectivity index (χ2v) is 16.7. The number of allylic oxidation sites excluding steroid dienone is 4. The lowest BCUT2D eigenvalue weighted by Crippen LogP contribution is -2.61. The lowest BCUT2D eigenvalue weighted by molar-refractivity contribution is -0.151. The molecule has 1 amide bonds. The number of carbonyl (C=O) groups excluding carboxylic acids is 4. The van der Waals surface area contributed by atoms with Crippen LogP contribution in [0.15, 0.2) is 84.7 Å². The Labute approximate surface area is 332 Å². The van der Waals surface area contributed by atoms with Crippen LogP contribution in [-0.2, 0) is 35.3 Å². The van der Waals surface area contributed by atoms with Gasteiger partial charge in [0.2, 0.25) is 5.91 Å². The number of esters is 2. The highest BCUT2D eigenvalue weighted by Gasteiger charge is 2.67. The van der Waals surface area contributed by atoms with Crippen LogP contribution < -0.4 is 11.1 Å². The number of rotatable bonds is 13. The van der Waals surface area contributed by atoms with Gasteiger partial charge in [-0.25, -0.2) is 0 Å². The van der Waals surface area contributed by atoms with E-state index in [0.717, 1.165) is 34.8 Å². The number of aromatic nitrogens is 1. The molecule has 3 aromatic rings. The summed E-state index contributed by atoms with van der Waals surface area (Å²) >= 11 is 0. The smallest absolute Gasteiger partial charge is 0.306 e. The summed E-state index contributed by atoms with van der Waals surface area (Å²) in [6.45, 7) is 3.92. The van der Waals surface area contributed by atoms with E-state index in [0.29, 0.717) is 43.5 Å². The van der Waals surface area contributed by atoms with E-state index in [-0.39, 0.29) is 54.6 Å². The second-order valence-electron chi connectivity index (χ2n) is 16.7. The molecule has 57 heavy (non-hydrogen) atoms. The van der Waals surface area contributed by atoms with Gasteiger partial charge in [0, 0.05) is 40.2 Å². The monoisotopic (exact) mass is 776 g/mol. The number of carbonyl (C=O) groups is 4. The predicted octanol–water partition coefficient (Wildman–Crippen LogP) is 5.70. The molecule has 0 saturated heterocycles. The number of aliphatic hydroxyl groups is 2. The van der Waals surface area contributed by atoms with E-state index in [4.69, 9.17) is 20.6 Å². The van der Waals surface area contributed by atoms with Crippen LogP contribution in [-0.4, -0.2) is 69.4 Å². The van der Waals surface area contributed by atoms with Gasteiger partial charge in [-0.15, -0.1) is 0 Å². The Morgan fingerprint density at radius 2 is 1.79 bits per heavy atom. The van der Waals surface area contributed by atoms with Crippen LogP contribution in [0.3, 0.4) is 0 Å². The number of hydrogen-bond donors (Lipinski definition) is 5. The van der Waals surface area contributed by atoms with Crippen LogP contribution in [0.2, 0.25) is 0 Å². The molecule has 300 valence electrons. The second kappa shape index (κ2) is 16.1. The summed E-state index contributed by atoms with van der Waals surface area (Å²) in [6.07, 6.45) is 10.8. The highest BCUT2D eigenvalue weighted by molar-refractivity contribution is 6.01. The van der Waals surface area contributed by atoms with Crippen molar-refractivity contribution in [1.82, 2.24) is 4.98 Å². The lowest BCUT2D eigenvalue weighted by Gasteiger charge is -2.59. The first-order valence-electron chi connectivity index (χ1n) is 19.9. The van der Waals surface area contributed by atoms with Crippen LogP contribution in [0.1, 0.15) is 82.3 Å². The third kappa shape index (κ3) is 7.70. The number of aliphatic hydroxyl groups excluding tert-OH is 1. The van der Waals surface area contributed by atoms with Gasteiger partial charge in [-0.1, -0.05) is 55.8 Å². The molecule has 1 unspecified atom stereocenters. The van der Waals surface area contributed by atoms with E-state index in [9.17, 15) is 29.4 Å². The molecule has 0 bridgehead atoms. The number of anilines is 1. The third-order valence-electron chi connectivity index (χ3n) is 13.5. The molecule has 7 rings (SSSR count). The van der Waals surface area contributed by atoms with E-state index in [2.05, 4.69) is 17.2 Å². The van der Waals surface area contributed by atoms with Gasteiger partial charge >= 0.3 is 11.9 Å². The van der Waals surface area contributed by atoms with Crippen molar-refractivity contribution in [2.75, 3.05) is 18.5 Å². The minimum atomic E-state index is -1.56. The van der Waals surface area contributed by atoms with E-state index >= 15 is 0 Å². The first kappa shape index (κ1) is 40.2. The Morgan fingerprint density at radius 1 is 1.04 bits per heavy atom. The van der Waals surface area contributed by atoms with E-state index in [1.54, 1.807) is 36.7 Å². The maximum atomic E-state index is 13.3. The van der Waals surface area contributed by atoms with E-state index in [1.807, 2.05) is 49.4 Å². The minimum absolute atomic E-state index is 0.0237. The maximum absolute atomic E-state index is 13.3. The molecule has 1 heterocycles. The first-order chi connectivity index (χ1) is 27.3. The summed E-state index contributed by atoms with van der Waals surface area (Å²) < 4.78 is 10.8. The molecule has 6 N–H and O–H groups in total. The molecule has 0 spiro atoms. The average Bonchev–Trinajstić information content (AvgIpc) is 3.47. The van der Waals surface area contributed by atoms with Crippen LogP contribution in [0, 0.1) is 34.0 Å². The van der Waals surface area contributed by atoms with Crippen molar-refractivity contribution in [1.29, 1.82) is 5.41 Å². The summed E-state index contributed by atoms with van der Waals surface area (Å²) in [5, 5.41) is 37.5. The van der Waals surface area contributed by atoms with Crippen molar-refractivity contribution in [3.05, 3.63) is 95.9 Å². The van der Waals surface area contributed by atoms with Crippen molar-refractivity contribution in [2.45, 2.75) is 89.4 Å². The number of hydrogen-bond acceptors (Lipinski definition) is 11. The Kier molecular flexibility index (Phi) is 11.3.